The fourth-order valence-corrected chi connectivity index (χ4v) is 3.41. The number of phenols is 1. The molecule has 0 aliphatic heterocycles. The van der Waals surface area contributed by atoms with Crippen LogP contribution in [-0.4, -0.2) is 39.3 Å². The summed E-state index contributed by atoms with van der Waals surface area (Å²) in [5.41, 5.74) is 6.88. The number of hydrogen-bond donors (Lipinski definition) is 4. The smallest absolute Gasteiger partial charge is 0.214 e. The number of amides is 1. The van der Waals surface area contributed by atoms with E-state index in [2.05, 4.69) is 21.9 Å². The van der Waals surface area contributed by atoms with Crippen LogP contribution in [0.25, 0.3) is 0 Å². The quantitative estimate of drug-likeness (QED) is 0.196. The molecule has 0 spiro atoms. The van der Waals surface area contributed by atoms with Gasteiger partial charge in [-0.05, 0) is 50.1 Å². The standard InChI is InChI=1S/C22H21FN6O2.C3H6.C2H6/c23-16-7-6-14(10-17(16)31)19(24)18-20(25)26-12-27-21(18)28-22(8-9-22)11-29(13-30)15-4-2-1-3-5-15;1-3-2;1-2/h1-7,10,12-13,24,31H,8-9,11H2,(H3,25,26,27,28);3H,1H2,2H3;1-2H3. The Bertz CT molecular complexity index is 1180. The normalized spacial score (nSPS) is 12.6. The van der Waals surface area contributed by atoms with Gasteiger partial charge in [0.1, 0.15) is 18.0 Å². The third-order valence-corrected chi connectivity index (χ3v) is 5.29. The molecule has 9 heteroatoms. The number of benzene rings is 2. The minimum Gasteiger partial charge on any atom is -0.505 e. The van der Waals surface area contributed by atoms with Gasteiger partial charge in [-0.2, -0.15) is 0 Å². The Hall–Kier alpha value is -4.27. The van der Waals surface area contributed by atoms with E-state index in [-0.39, 0.29) is 22.7 Å². The molecule has 0 bridgehead atoms. The van der Waals surface area contributed by atoms with E-state index in [9.17, 15) is 14.3 Å². The Morgan fingerprint density at radius 1 is 1.25 bits per heavy atom. The lowest BCUT2D eigenvalue weighted by atomic mass is 10.0. The second kappa shape index (κ2) is 13.0. The van der Waals surface area contributed by atoms with E-state index in [0.717, 1.165) is 37.1 Å². The van der Waals surface area contributed by atoms with Gasteiger partial charge in [-0.1, -0.05) is 38.1 Å². The Balaban J connectivity index is 0.000000850. The summed E-state index contributed by atoms with van der Waals surface area (Å²) in [5.74, 6) is -0.913. The maximum Gasteiger partial charge on any atom is 0.214 e. The van der Waals surface area contributed by atoms with E-state index in [1.54, 1.807) is 11.0 Å². The highest BCUT2D eigenvalue weighted by atomic mass is 19.1. The molecule has 1 aliphatic carbocycles. The van der Waals surface area contributed by atoms with Gasteiger partial charge in [-0.3, -0.25) is 10.2 Å². The van der Waals surface area contributed by atoms with Gasteiger partial charge >= 0.3 is 0 Å². The molecule has 190 valence electrons. The molecule has 1 amide bonds. The monoisotopic (exact) mass is 492 g/mol. The number of nitrogens with zero attached hydrogens (tertiary/aromatic N) is 3. The summed E-state index contributed by atoms with van der Waals surface area (Å²) >= 11 is 0. The van der Waals surface area contributed by atoms with E-state index in [0.29, 0.717) is 12.4 Å². The molecule has 1 heterocycles. The van der Waals surface area contributed by atoms with E-state index in [1.807, 2.05) is 51.1 Å². The van der Waals surface area contributed by atoms with Crippen molar-refractivity contribution in [2.45, 2.75) is 39.2 Å². The molecule has 36 heavy (non-hydrogen) atoms. The Labute approximate surface area is 211 Å². The van der Waals surface area contributed by atoms with Crippen LogP contribution in [-0.2, 0) is 4.79 Å². The Kier molecular flexibility index (Phi) is 10.1. The van der Waals surface area contributed by atoms with Crippen LogP contribution < -0.4 is 16.0 Å². The van der Waals surface area contributed by atoms with Gasteiger partial charge in [-0.25, -0.2) is 14.4 Å². The number of carbonyl (C=O) groups excluding carboxylic acids is 1. The Morgan fingerprint density at radius 3 is 2.44 bits per heavy atom. The van der Waals surface area contributed by atoms with E-state index in [1.165, 1.54) is 12.4 Å². The molecule has 1 aromatic heterocycles. The third-order valence-electron chi connectivity index (χ3n) is 5.29. The van der Waals surface area contributed by atoms with Gasteiger partial charge < -0.3 is 21.1 Å². The molecule has 8 nitrogen and oxygen atoms in total. The molecule has 0 radical (unpaired) electrons. The maximum atomic E-state index is 13.4. The lowest BCUT2D eigenvalue weighted by Gasteiger charge is -2.26. The summed E-state index contributed by atoms with van der Waals surface area (Å²) in [6.07, 6.45) is 5.44. The van der Waals surface area contributed by atoms with Crippen LogP contribution in [0.15, 0.2) is 67.5 Å². The number of nitrogens with one attached hydrogen (secondary N) is 2. The van der Waals surface area contributed by atoms with Crippen molar-refractivity contribution in [3.05, 3.63) is 84.5 Å². The number of phenolic OH excluding ortho intramolecular Hbond substituents is 1. The maximum absolute atomic E-state index is 13.4. The summed E-state index contributed by atoms with van der Waals surface area (Å²) in [4.78, 5) is 21.6. The molecule has 2 aromatic carbocycles. The molecule has 0 saturated heterocycles. The highest BCUT2D eigenvalue weighted by Crippen LogP contribution is 2.41. The minimum absolute atomic E-state index is 0.0537. The highest BCUT2D eigenvalue weighted by Gasteiger charge is 2.45. The van der Waals surface area contributed by atoms with Crippen molar-refractivity contribution in [2.24, 2.45) is 0 Å². The highest BCUT2D eigenvalue weighted by molar-refractivity contribution is 6.16. The zero-order valence-electron chi connectivity index (χ0n) is 20.8. The largest absolute Gasteiger partial charge is 0.505 e. The average Bonchev–Trinajstić information content (AvgIpc) is 3.65. The minimum atomic E-state index is -0.779. The number of anilines is 3. The molecule has 5 N–H and O–H groups in total. The van der Waals surface area contributed by atoms with Gasteiger partial charge in [-0.15, -0.1) is 6.58 Å². The first-order valence-corrected chi connectivity index (χ1v) is 11.6. The first-order valence-electron chi connectivity index (χ1n) is 11.6. The van der Waals surface area contributed by atoms with Gasteiger partial charge in [0.25, 0.3) is 0 Å². The molecular weight excluding hydrogens is 459 g/mol. The lowest BCUT2D eigenvalue weighted by molar-refractivity contribution is -0.107. The second-order valence-electron chi connectivity index (χ2n) is 7.91. The van der Waals surface area contributed by atoms with Gasteiger partial charge in [0, 0.05) is 17.8 Å². The summed E-state index contributed by atoms with van der Waals surface area (Å²) in [7, 11) is 0. The molecule has 1 fully saturated rings. The predicted octanol–water partition coefficient (Wildman–Crippen LogP) is 5.15. The fraction of sp³-hybridized carbons (Fsp3) is 0.259. The molecule has 3 aromatic rings. The van der Waals surface area contributed by atoms with Crippen LogP contribution in [0.5, 0.6) is 5.75 Å². The van der Waals surface area contributed by atoms with Gasteiger partial charge in [0.15, 0.2) is 11.6 Å². The van der Waals surface area contributed by atoms with Crippen LogP contribution in [0.3, 0.4) is 0 Å². The van der Waals surface area contributed by atoms with Crippen molar-refractivity contribution in [1.29, 1.82) is 5.41 Å². The summed E-state index contributed by atoms with van der Waals surface area (Å²) in [6, 6.07) is 12.9. The van der Waals surface area contributed by atoms with Crippen LogP contribution in [0, 0.1) is 11.2 Å². The summed E-state index contributed by atoms with van der Waals surface area (Å²) in [5, 5.41) is 21.6. The summed E-state index contributed by atoms with van der Waals surface area (Å²) in [6.45, 7) is 9.66. The van der Waals surface area contributed by atoms with Crippen LogP contribution in [0.1, 0.15) is 44.7 Å². The van der Waals surface area contributed by atoms with Crippen molar-refractivity contribution in [3.63, 3.8) is 0 Å². The van der Waals surface area contributed by atoms with Gasteiger partial charge in [0.2, 0.25) is 6.41 Å². The number of rotatable bonds is 8. The number of aromatic hydroxyl groups is 1. The number of aromatic nitrogens is 2. The molecular formula is C27H33FN6O2. The predicted molar refractivity (Wildman–Crippen MR) is 143 cm³/mol. The first kappa shape index (κ1) is 28.0. The van der Waals surface area contributed by atoms with Crippen LogP contribution >= 0.6 is 0 Å². The molecule has 1 aliphatic rings. The van der Waals surface area contributed by atoms with Crippen molar-refractivity contribution < 1.29 is 14.3 Å². The topological polar surface area (TPSA) is 128 Å². The van der Waals surface area contributed by atoms with Crippen molar-refractivity contribution in [3.8, 4) is 5.75 Å². The van der Waals surface area contributed by atoms with Crippen molar-refractivity contribution in [2.75, 3.05) is 22.5 Å². The average molecular weight is 493 g/mol. The number of carbonyl (C=O) groups is 1. The zero-order chi connectivity index (χ0) is 26.7. The number of nitrogens with two attached hydrogens (primary N) is 1. The molecule has 4 rings (SSSR count). The van der Waals surface area contributed by atoms with Crippen LogP contribution in [0.4, 0.5) is 21.7 Å². The molecule has 0 unspecified atom stereocenters. The SMILES string of the molecule is C=CC.CC.N=C(c1ccc(F)c(O)c1)c1c(N)ncnc1NC1(CN(C=O)c2ccccc2)CC1. The second-order valence-corrected chi connectivity index (χ2v) is 7.91. The molecule has 0 atom stereocenters. The lowest BCUT2D eigenvalue weighted by Crippen LogP contribution is -2.38. The zero-order valence-corrected chi connectivity index (χ0v) is 20.8. The summed E-state index contributed by atoms with van der Waals surface area (Å²) < 4.78 is 13.4. The van der Waals surface area contributed by atoms with E-state index in [4.69, 9.17) is 11.1 Å². The number of nitrogen functional groups attached to an aromatic ring is 1. The van der Waals surface area contributed by atoms with Crippen LogP contribution in [0.2, 0.25) is 0 Å². The number of halogens is 1. The third kappa shape index (κ3) is 6.88. The van der Waals surface area contributed by atoms with Crippen molar-refractivity contribution >= 4 is 29.4 Å². The van der Waals surface area contributed by atoms with E-state index < -0.39 is 17.1 Å². The Morgan fingerprint density at radius 2 is 1.89 bits per heavy atom. The number of allylic oxidation sites excluding steroid dienone is 1. The molecule has 1 saturated carbocycles. The number of hydrogen-bond acceptors (Lipinski definition) is 7. The van der Waals surface area contributed by atoms with E-state index >= 15 is 0 Å². The number of para-hydroxylation sites is 1. The fourth-order valence-electron chi connectivity index (χ4n) is 3.41. The van der Waals surface area contributed by atoms with Gasteiger partial charge in [0.05, 0.1) is 16.8 Å². The van der Waals surface area contributed by atoms with Crippen molar-refractivity contribution in [1.82, 2.24) is 9.97 Å². The first-order chi connectivity index (χ1) is 17.3.